The maximum atomic E-state index is 11.7. The fourth-order valence-electron chi connectivity index (χ4n) is 2.76. The SMILES string of the molecule is CC(C)(C)OC(=O)N1CC2(CC[C@@H](N)C2)C1. The molecule has 1 aliphatic carbocycles. The second kappa shape index (κ2) is 3.62. The second-order valence-electron chi connectivity index (χ2n) is 6.34. The number of hydrogen-bond donors (Lipinski definition) is 1. The van der Waals surface area contributed by atoms with Gasteiger partial charge in [0, 0.05) is 24.5 Å². The van der Waals surface area contributed by atoms with E-state index >= 15 is 0 Å². The smallest absolute Gasteiger partial charge is 0.410 e. The maximum Gasteiger partial charge on any atom is 0.410 e. The van der Waals surface area contributed by atoms with Gasteiger partial charge in [0.1, 0.15) is 5.60 Å². The summed E-state index contributed by atoms with van der Waals surface area (Å²) in [7, 11) is 0. The van der Waals surface area contributed by atoms with Crippen LogP contribution in [0.3, 0.4) is 0 Å². The molecule has 1 saturated heterocycles. The standard InChI is InChI=1S/C12H22N2O2/c1-11(2,3)16-10(15)14-7-12(8-14)5-4-9(13)6-12/h9H,4-8,13H2,1-3H3/t9-/m1/s1. The van der Waals surface area contributed by atoms with Crippen LogP contribution in [0.5, 0.6) is 0 Å². The van der Waals surface area contributed by atoms with Crippen LogP contribution in [-0.2, 0) is 4.74 Å². The summed E-state index contributed by atoms with van der Waals surface area (Å²) in [6, 6.07) is 0.334. The van der Waals surface area contributed by atoms with E-state index in [0.29, 0.717) is 11.5 Å². The van der Waals surface area contributed by atoms with Gasteiger partial charge in [-0.15, -0.1) is 0 Å². The number of nitrogens with zero attached hydrogens (tertiary/aromatic N) is 1. The van der Waals surface area contributed by atoms with E-state index in [1.807, 2.05) is 20.8 Å². The first kappa shape index (κ1) is 11.7. The van der Waals surface area contributed by atoms with Crippen molar-refractivity contribution in [2.75, 3.05) is 13.1 Å². The van der Waals surface area contributed by atoms with Gasteiger partial charge in [0.15, 0.2) is 0 Å². The minimum atomic E-state index is -0.397. The van der Waals surface area contributed by atoms with E-state index in [1.165, 1.54) is 0 Å². The largest absolute Gasteiger partial charge is 0.444 e. The molecule has 2 rings (SSSR count). The van der Waals surface area contributed by atoms with Crippen LogP contribution in [0, 0.1) is 5.41 Å². The zero-order valence-electron chi connectivity index (χ0n) is 10.5. The van der Waals surface area contributed by atoms with Crippen molar-refractivity contribution in [2.24, 2.45) is 11.1 Å². The summed E-state index contributed by atoms with van der Waals surface area (Å²) in [4.78, 5) is 13.5. The van der Waals surface area contributed by atoms with Gasteiger partial charge in [-0.2, -0.15) is 0 Å². The third-order valence-corrected chi connectivity index (χ3v) is 3.44. The van der Waals surface area contributed by atoms with Crippen LogP contribution in [0.4, 0.5) is 4.79 Å². The summed E-state index contributed by atoms with van der Waals surface area (Å²) < 4.78 is 5.33. The summed E-state index contributed by atoms with van der Waals surface area (Å²) in [5.74, 6) is 0. The third-order valence-electron chi connectivity index (χ3n) is 3.44. The topological polar surface area (TPSA) is 55.6 Å². The van der Waals surface area contributed by atoms with Gasteiger partial charge in [-0.05, 0) is 40.0 Å². The Kier molecular flexibility index (Phi) is 2.65. The van der Waals surface area contributed by atoms with E-state index < -0.39 is 5.60 Å². The lowest BCUT2D eigenvalue weighted by molar-refractivity contribution is -0.0322. The van der Waals surface area contributed by atoms with E-state index in [1.54, 1.807) is 4.90 Å². The monoisotopic (exact) mass is 226 g/mol. The molecule has 92 valence electrons. The highest BCUT2D eigenvalue weighted by molar-refractivity contribution is 5.69. The van der Waals surface area contributed by atoms with E-state index in [-0.39, 0.29) is 6.09 Å². The average molecular weight is 226 g/mol. The van der Waals surface area contributed by atoms with Crippen LogP contribution >= 0.6 is 0 Å². The molecule has 0 unspecified atom stereocenters. The van der Waals surface area contributed by atoms with E-state index in [9.17, 15) is 4.79 Å². The minimum absolute atomic E-state index is 0.182. The molecule has 1 spiro atoms. The summed E-state index contributed by atoms with van der Waals surface area (Å²) in [5.41, 5.74) is 5.83. The fourth-order valence-corrected chi connectivity index (χ4v) is 2.76. The van der Waals surface area contributed by atoms with Gasteiger partial charge in [0.25, 0.3) is 0 Å². The van der Waals surface area contributed by atoms with Gasteiger partial charge >= 0.3 is 6.09 Å². The van der Waals surface area contributed by atoms with E-state index in [0.717, 1.165) is 32.4 Å². The molecule has 0 radical (unpaired) electrons. The molecular weight excluding hydrogens is 204 g/mol. The molecule has 2 aliphatic rings. The molecule has 0 aromatic heterocycles. The lowest BCUT2D eigenvalue weighted by atomic mass is 9.78. The first-order valence-corrected chi connectivity index (χ1v) is 6.03. The molecule has 0 bridgehead atoms. The van der Waals surface area contributed by atoms with E-state index in [4.69, 9.17) is 10.5 Å². The summed E-state index contributed by atoms with van der Waals surface area (Å²) in [6.45, 7) is 7.34. The third kappa shape index (κ3) is 2.32. The molecular formula is C12H22N2O2. The predicted molar refractivity (Wildman–Crippen MR) is 62.1 cm³/mol. The summed E-state index contributed by atoms with van der Waals surface area (Å²) >= 11 is 0. The Morgan fingerprint density at radius 1 is 1.44 bits per heavy atom. The van der Waals surface area contributed by atoms with Crippen LogP contribution in [0.2, 0.25) is 0 Å². The van der Waals surface area contributed by atoms with Crippen LogP contribution in [0.25, 0.3) is 0 Å². The van der Waals surface area contributed by atoms with E-state index in [2.05, 4.69) is 0 Å². The van der Waals surface area contributed by atoms with Gasteiger partial charge in [-0.1, -0.05) is 0 Å². The average Bonchev–Trinajstić information content (AvgIpc) is 2.41. The van der Waals surface area contributed by atoms with Gasteiger partial charge in [0.2, 0.25) is 0 Å². The maximum absolute atomic E-state index is 11.7. The molecule has 1 aliphatic heterocycles. The van der Waals surface area contributed by atoms with Gasteiger partial charge in [-0.3, -0.25) is 0 Å². The Balaban J connectivity index is 1.82. The first-order chi connectivity index (χ1) is 7.30. The van der Waals surface area contributed by atoms with Crippen molar-refractivity contribution < 1.29 is 9.53 Å². The molecule has 4 heteroatoms. The molecule has 1 atom stereocenters. The zero-order chi connectivity index (χ0) is 12.0. The summed E-state index contributed by atoms with van der Waals surface area (Å²) in [6.07, 6.45) is 3.14. The van der Waals surface area contributed by atoms with Crippen LogP contribution in [0.15, 0.2) is 0 Å². The number of ether oxygens (including phenoxy) is 1. The Hall–Kier alpha value is -0.770. The molecule has 0 aromatic carbocycles. The van der Waals surface area contributed by atoms with Gasteiger partial charge in [-0.25, -0.2) is 4.79 Å². The minimum Gasteiger partial charge on any atom is -0.444 e. The Morgan fingerprint density at radius 3 is 2.50 bits per heavy atom. The molecule has 1 amide bonds. The van der Waals surface area contributed by atoms with Crippen molar-refractivity contribution in [1.82, 2.24) is 4.90 Å². The highest BCUT2D eigenvalue weighted by Gasteiger charge is 2.49. The lowest BCUT2D eigenvalue weighted by Gasteiger charge is -2.48. The van der Waals surface area contributed by atoms with Crippen molar-refractivity contribution in [1.29, 1.82) is 0 Å². The van der Waals surface area contributed by atoms with Gasteiger partial charge in [0.05, 0.1) is 0 Å². The molecule has 1 heterocycles. The molecule has 2 N–H and O–H groups in total. The highest BCUT2D eigenvalue weighted by atomic mass is 16.6. The molecule has 0 aromatic rings. The molecule has 16 heavy (non-hydrogen) atoms. The van der Waals surface area contributed by atoms with Crippen molar-refractivity contribution in [2.45, 2.75) is 51.7 Å². The van der Waals surface area contributed by atoms with Crippen LogP contribution in [-0.4, -0.2) is 35.7 Å². The number of carbonyl (C=O) groups excluding carboxylic acids is 1. The van der Waals surface area contributed by atoms with Crippen molar-refractivity contribution in [3.8, 4) is 0 Å². The van der Waals surface area contributed by atoms with Crippen molar-refractivity contribution in [3.63, 3.8) is 0 Å². The number of rotatable bonds is 0. The number of nitrogens with two attached hydrogens (primary N) is 1. The van der Waals surface area contributed by atoms with Crippen molar-refractivity contribution >= 4 is 6.09 Å². The van der Waals surface area contributed by atoms with Crippen LogP contribution < -0.4 is 5.73 Å². The highest BCUT2D eigenvalue weighted by Crippen LogP contribution is 2.45. The molecule has 2 fully saturated rings. The number of likely N-dealkylation sites (tertiary alicyclic amines) is 1. The normalized spacial score (nSPS) is 28.0. The Morgan fingerprint density at radius 2 is 2.06 bits per heavy atom. The quantitative estimate of drug-likeness (QED) is 0.684. The second-order valence-corrected chi connectivity index (χ2v) is 6.34. The lowest BCUT2D eigenvalue weighted by Crippen LogP contribution is -2.58. The number of hydrogen-bond acceptors (Lipinski definition) is 3. The predicted octanol–water partition coefficient (Wildman–Crippen LogP) is 1.73. The first-order valence-electron chi connectivity index (χ1n) is 6.03. The summed E-state index contributed by atoms with van der Waals surface area (Å²) in [5, 5.41) is 0. The Bertz CT molecular complexity index is 290. The number of amides is 1. The van der Waals surface area contributed by atoms with Crippen LogP contribution in [0.1, 0.15) is 40.0 Å². The molecule has 4 nitrogen and oxygen atoms in total. The molecule has 1 saturated carbocycles. The van der Waals surface area contributed by atoms with Gasteiger partial charge < -0.3 is 15.4 Å². The Labute approximate surface area is 97.1 Å². The van der Waals surface area contributed by atoms with Crippen molar-refractivity contribution in [3.05, 3.63) is 0 Å². The zero-order valence-corrected chi connectivity index (χ0v) is 10.5. The number of carbonyl (C=O) groups is 1. The fraction of sp³-hybridized carbons (Fsp3) is 0.917.